The summed E-state index contributed by atoms with van der Waals surface area (Å²) in [4.78, 5) is 31.3. The highest BCUT2D eigenvalue weighted by molar-refractivity contribution is 8.00. The second-order valence-electron chi connectivity index (χ2n) is 6.04. The summed E-state index contributed by atoms with van der Waals surface area (Å²) in [5, 5.41) is 2.96. The maximum absolute atomic E-state index is 13.0. The lowest BCUT2D eigenvalue weighted by molar-refractivity contribution is -0.122. The maximum Gasteiger partial charge on any atom is 0.241 e. The molecule has 0 spiro atoms. The monoisotopic (exact) mass is 373 g/mol. The number of anilines is 2. The number of halogens is 1. The van der Waals surface area contributed by atoms with Gasteiger partial charge in [-0.2, -0.15) is 0 Å². The highest BCUT2D eigenvalue weighted by atomic mass is 32.2. The van der Waals surface area contributed by atoms with Crippen molar-refractivity contribution in [2.45, 2.75) is 36.5 Å². The van der Waals surface area contributed by atoms with Gasteiger partial charge in [0.25, 0.3) is 0 Å². The van der Waals surface area contributed by atoms with Crippen molar-refractivity contribution in [2.75, 3.05) is 16.8 Å². The smallest absolute Gasteiger partial charge is 0.241 e. The Kier molecular flexibility index (Phi) is 5.88. The molecular weight excluding hydrogens is 353 g/mol. The average Bonchev–Trinajstić information content (AvgIpc) is 2.64. The number of amides is 2. The van der Waals surface area contributed by atoms with Gasteiger partial charge in [-0.15, -0.1) is 0 Å². The molecule has 0 saturated heterocycles. The molecule has 7 heteroatoms. The van der Waals surface area contributed by atoms with Crippen molar-refractivity contribution in [3.05, 3.63) is 48.4 Å². The Balaban J connectivity index is 1.72. The summed E-state index contributed by atoms with van der Waals surface area (Å²) in [5.74, 6) is -0.717. The number of thioether (sulfide) groups is 1. The number of unbranched alkanes of at least 4 members (excludes halogenated alkanes) is 1. The highest BCUT2D eigenvalue weighted by Crippen LogP contribution is 2.38. The Bertz CT molecular complexity index is 798. The number of carbonyl (C=O) groups is 2. The molecule has 1 aliphatic heterocycles. The van der Waals surface area contributed by atoms with Gasteiger partial charge in [-0.25, -0.2) is 9.37 Å². The Morgan fingerprint density at radius 1 is 1.31 bits per heavy atom. The predicted octanol–water partition coefficient (Wildman–Crippen LogP) is 3.86. The van der Waals surface area contributed by atoms with E-state index in [-0.39, 0.29) is 24.1 Å². The van der Waals surface area contributed by atoms with Crippen LogP contribution in [0.3, 0.4) is 0 Å². The number of fused-ring (bicyclic) bond motifs is 1. The summed E-state index contributed by atoms with van der Waals surface area (Å²) in [6.07, 6.45) is 3.59. The predicted molar refractivity (Wildman–Crippen MR) is 101 cm³/mol. The quantitative estimate of drug-likeness (QED) is 0.835. The van der Waals surface area contributed by atoms with Gasteiger partial charge in [0, 0.05) is 24.8 Å². The van der Waals surface area contributed by atoms with E-state index in [0.29, 0.717) is 12.2 Å². The van der Waals surface area contributed by atoms with Gasteiger partial charge in [0.05, 0.1) is 10.9 Å². The van der Waals surface area contributed by atoms with E-state index in [0.717, 1.165) is 23.6 Å². The van der Waals surface area contributed by atoms with Crippen LogP contribution in [0.25, 0.3) is 0 Å². The summed E-state index contributed by atoms with van der Waals surface area (Å²) in [5.41, 5.74) is 1.32. The van der Waals surface area contributed by atoms with Crippen LogP contribution in [0.5, 0.6) is 0 Å². The molecule has 0 fully saturated rings. The topological polar surface area (TPSA) is 62.3 Å². The molecule has 1 atom stereocenters. The lowest BCUT2D eigenvalue weighted by Crippen LogP contribution is -2.43. The fourth-order valence-corrected chi connectivity index (χ4v) is 3.90. The second-order valence-corrected chi connectivity index (χ2v) is 7.23. The normalized spacial score (nSPS) is 16.3. The van der Waals surface area contributed by atoms with Gasteiger partial charge in [0.15, 0.2) is 0 Å². The molecule has 0 aliphatic carbocycles. The lowest BCUT2D eigenvalue weighted by atomic mass is 10.2. The zero-order chi connectivity index (χ0) is 18.5. The van der Waals surface area contributed by atoms with Crippen molar-refractivity contribution in [1.82, 2.24) is 4.98 Å². The van der Waals surface area contributed by atoms with Crippen LogP contribution < -0.4 is 10.2 Å². The number of hydrogen-bond donors (Lipinski definition) is 1. The first kappa shape index (κ1) is 18.4. The van der Waals surface area contributed by atoms with Crippen molar-refractivity contribution in [2.24, 2.45) is 0 Å². The molecule has 1 unspecified atom stereocenters. The summed E-state index contributed by atoms with van der Waals surface area (Å²) in [7, 11) is 0. The van der Waals surface area contributed by atoms with E-state index in [1.807, 2.05) is 12.1 Å². The molecular formula is C19H20FN3O2S. The molecule has 5 nitrogen and oxygen atoms in total. The third-order valence-electron chi connectivity index (χ3n) is 4.07. The number of carbonyl (C=O) groups excluding carboxylic acids is 2. The minimum atomic E-state index is -0.519. The lowest BCUT2D eigenvalue weighted by Gasteiger charge is -2.32. The Labute approximate surface area is 156 Å². The molecule has 1 N–H and O–H groups in total. The van der Waals surface area contributed by atoms with E-state index in [1.54, 1.807) is 11.1 Å². The van der Waals surface area contributed by atoms with Crippen LogP contribution >= 0.6 is 11.8 Å². The van der Waals surface area contributed by atoms with Crippen molar-refractivity contribution >= 4 is 35.0 Å². The number of nitrogens with one attached hydrogen (secondary N) is 1. The molecule has 2 amide bonds. The number of hydrogen-bond acceptors (Lipinski definition) is 4. The molecule has 3 rings (SSSR count). The van der Waals surface area contributed by atoms with Crippen molar-refractivity contribution in [3.8, 4) is 0 Å². The first-order chi connectivity index (χ1) is 12.6. The highest BCUT2D eigenvalue weighted by Gasteiger charge is 2.35. The molecule has 1 aromatic heterocycles. The van der Waals surface area contributed by atoms with Crippen LogP contribution in [0.15, 0.2) is 47.6 Å². The number of pyridine rings is 1. The summed E-state index contributed by atoms with van der Waals surface area (Å²) in [6.45, 7) is 2.69. The Hall–Kier alpha value is -2.41. The third kappa shape index (κ3) is 4.22. The van der Waals surface area contributed by atoms with Crippen LogP contribution in [0.4, 0.5) is 15.8 Å². The van der Waals surface area contributed by atoms with Crippen molar-refractivity contribution < 1.29 is 14.0 Å². The Morgan fingerprint density at radius 3 is 2.81 bits per heavy atom. The summed E-state index contributed by atoms with van der Waals surface area (Å²) in [6, 6.07) is 9.25. The molecule has 2 heterocycles. The Morgan fingerprint density at radius 2 is 2.08 bits per heavy atom. The standard InChI is InChI=1S/C19H20FN3O2S/c1-2-3-11-23-15-5-4-10-21-18(15)26-16(19(23)25)12-17(24)22-14-8-6-13(20)7-9-14/h4-10,16H,2-3,11-12H2,1H3,(H,22,24). The summed E-state index contributed by atoms with van der Waals surface area (Å²) >= 11 is 1.32. The minimum Gasteiger partial charge on any atom is -0.326 e. The fourth-order valence-electron chi connectivity index (χ4n) is 2.75. The van der Waals surface area contributed by atoms with Crippen LogP contribution in [-0.2, 0) is 9.59 Å². The van der Waals surface area contributed by atoms with Gasteiger partial charge < -0.3 is 10.2 Å². The van der Waals surface area contributed by atoms with Crippen molar-refractivity contribution in [3.63, 3.8) is 0 Å². The zero-order valence-electron chi connectivity index (χ0n) is 14.4. The van der Waals surface area contributed by atoms with Gasteiger partial charge in [0.2, 0.25) is 11.8 Å². The molecule has 136 valence electrons. The molecule has 2 aromatic rings. The molecule has 1 aromatic carbocycles. The number of nitrogens with zero attached hydrogens (tertiary/aromatic N) is 2. The van der Waals surface area contributed by atoms with Gasteiger partial charge in [-0.05, 0) is 42.8 Å². The largest absolute Gasteiger partial charge is 0.326 e. The van der Waals surface area contributed by atoms with E-state index in [4.69, 9.17) is 0 Å². The minimum absolute atomic E-state index is 0.0412. The van der Waals surface area contributed by atoms with E-state index >= 15 is 0 Å². The SMILES string of the molecule is CCCCN1C(=O)C(CC(=O)Nc2ccc(F)cc2)Sc2ncccc21. The third-order valence-corrected chi connectivity index (χ3v) is 5.26. The van der Waals surface area contributed by atoms with E-state index in [9.17, 15) is 14.0 Å². The summed E-state index contributed by atoms with van der Waals surface area (Å²) < 4.78 is 13.0. The van der Waals surface area contributed by atoms with Gasteiger partial charge in [0.1, 0.15) is 10.8 Å². The van der Waals surface area contributed by atoms with Crippen molar-refractivity contribution in [1.29, 1.82) is 0 Å². The number of benzene rings is 1. The van der Waals surface area contributed by atoms with E-state index in [2.05, 4.69) is 17.2 Å². The van der Waals surface area contributed by atoms with Gasteiger partial charge in [-0.1, -0.05) is 25.1 Å². The first-order valence-electron chi connectivity index (χ1n) is 8.57. The number of aromatic nitrogens is 1. The average molecular weight is 373 g/mol. The van der Waals surface area contributed by atoms with Gasteiger partial charge in [-0.3, -0.25) is 9.59 Å². The number of rotatable bonds is 6. The first-order valence-corrected chi connectivity index (χ1v) is 9.45. The van der Waals surface area contributed by atoms with Crippen LogP contribution in [0.1, 0.15) is 26.2 Å². The molecule has 0 radical (unpaired) electrons. The van der Waals surface area contributed by atoms with Crippen LogP contribution in [0.2, 0.25) is 0 Å². The van der Waals surface area contributed by atoms with Crippen LogP contribution in [-0.4, -0.2) is 28.6 Å². The van der Waals surface area contributed by atoms with E-state index < -0.39 is 5.25 Å². The van der Waals surface area contributed by atoms with Crippen LogP contribution in [0, 0.1) is 5.82 Å². The molecule has 0 bridgehead atoms. The van der Waals surface area contributed by atoms with Gasteiger partial charge >= 0.3 is 0 Å². The maximum atomic E-state index is 13.0. The van der Waals surface area contributed by atoms with E-state index in [1.165, 1.54) is 36.0 Å². The second kappa shape index (κ2) is 8.31. The molecule has 0 saturated carbocycles. The molecule has 1 aliphatic rings. The molecule has 26 heavy (non-hydrogen) atoms. The fraction of sp³-hybridized carbons (Fsp3) is 0.316. The zero-order valence-corrected chi connectivity index (χ0v) is 15.3.